The van der Waals surface area contributed by atoms with E-state index < -0.39 is 21.7 Å². The molecule has 1 aliphatic carbocycles. The fraction of sp³-hybridized carbons (Fsp3) is 0.261. The van der Waals surface area contributed by atoms with Crippen molar-refractivity contribution in [3.05, 3.63) is 60.7 Å². The van der Waals surface area contributed by atoms with Crippen LogP contribution in [0.15, 0.2) is 65.6 Å². The number of fused-ring (bicyclic) bond motifs is 2. The van der Waals surface area contributed by atoms with Gasteiger partial charge in [-0.25, -0.2) is 13.1 Å². The predicted octanol–water partition coefficient (Wildman–Crippen LogP) is 3.80. The third-order valence-electron chi connectivity index (χ3n) is 5.64. The molecule has 160 valence electrons. The molecule has 3 aromatic carbocycles. The zero-order chi connectivity index (χ0) is 21.5. The summed E-state index contributed by atoms with van der Waals surface area (Å²) in [5.74, 6) is 0.215. The van der Waals surface area contributed by atoms with Gasteiger partial charge in [0.1, 0.15) is 0 Å². The second-order valence-corrected chi connectivity index (χ2v) is 9.63. The lowest BCUT2D eigenvalue weighted by Gasteiger charge is -2.21. The predicted molar refractivity (Wildman–Crippen MR) is 117 cm³/mol. The fourth-order valence-electron chi connectivity index (χ4n) is 4.07. The summed E-state index contributed by atoms with van der Waals surface area (Å²) in [6.45, 7) is -0.381. The summed E-state index contributed by atoms with van der Waals surface area (Å²) in [7, 11) is -3.82. The van der Waals surface area contributed by atoms with Gasteiger partial charge in [-0.3, -0.25) is 4.79 Å². The van der Waals surface area contributed by atoms with Crippen LogP contribution >= 0.6 is 0 Å². The van der Waals surface area contributed by atoms with Gasteiger partial charge in [0.25, 0.3) is 5.79 Å². The molecule has 0 radical (unpaired) electrons. The summed E-state index contributed by atoms with van der Waals surface area (Å²) < 4.78 is 39.5. The van der Waals surface area contributed by atoms with E-state index in [0.717, 1.165) is 36.5 Å². The van der Waals surface area contributed by atoms with Gasteiger partial charge in [0.2, 0.25) is 15.9 Å². The molecular formula is C23H22N2O5S. The van der Waals surface area contributed by atoms with Crippen LogP contribution in [0.2, 0.25) is 0 Å². The van der Waals surface area contributed by atoms with Crippen molar-refractivity contribution in [2.45, 2.75) is 36.4 Å². The molecule has 5 rings (SSSR count). The zero-order valence-electron chi connectivity index (χ0n) is 16.8. The fourth-order valence-corrected chi connectivity index (χ4v) is 5.09. The van der Waals surface area contributed by atoms with Gasteiger partial charge in [-0.2, -0.15) is 0 Å². The number of carbonyl (C=O) groups is 1. The molecule has 0 unspecified atom stereocenters. The van der Waals surface area contributed by atoms with Crippen LogP contribution in [0.25, 0.3) is 10.8 Å². The van der Waals surface area contributed by atoms with Crippen molar-refractivity contribution >= 4 is 32.4 Å². The van der Waals surface area contributed by atoms with Gasteiger partial charge in [0.05, 0.1) is 11.4 Å². The van der Waals surface area contributed by atoms with E-state index in [2.05, 4.69) is 10.0 Å². The Hall–Kier alpha value is -3.10. The molecule has 1 heterocycles. The molecule has 7 nitrogen and oxygen atoms in total. The van der Waals surface area contributed by atoms with Crippen LogP contribution in [0.1, 0.15) is 25.7 Å². The molecule has 0 aromatic heterocycles. The normalized spacial score (nSPS) is 16.6. The molecule has 2 N–H and O–H groups in total. The van der Waals surface area contributed by atoms with Crippen molar-refractivity contribution < 1.29 is 22.7 Å². The number of rotatable bonds is 5. The summed E-state index contributed by atoms with van der Waals surface area (Å²) in [4.78, 5) is 12.5. The second kappa shape index (κ2) is 7.55. The highest BCUT2D eigenvalue weighted by molar-refractivity contribution is 7.89. The van der Waals surface area contributed by atoms with Gasteiger partial charge in [-0.05, 0) is 47.9 Å². The Morgan fingerprint density at radius 1 is 0.903 bits per heavy atom. The number of sulfonamides is 1. The van der Waals surface area contributed by atoms with Crippen LogP contribution in [0.5, 0.6) is 11.5 Å². The minimum Gasteiger partial charge on any atom is -0.448 e. The van der Waals surface area contributed by atoms with Crippen molar-refractivity contribution in [1.29, 1.82) is 0 Å². The van der Waals surface area contributed by atoms with E-state index in [-0.39, 0.29) is 11.4 Å². The maximum atomic E-state index is 12.6. The minimum absolute atomic E-state index is 0.115. The van der Waals surface area contributed by atoms with E-state index in [0.29, 0.717) is 17.2 Å². The zero-order valence-corrected chi connectivity index (χ0v) is 17.6. The maximum Gasteiger partial charge on any atom is 0.251 e. The Bertz CT molecular complexity index is 1270. The first kappa shape index (κ1) is 19.8. The molecule has 1 saturated carbocycles. The Balaban J connectivity index is 1.23. The van der Waals surface area contributed by atoms with Crippen LogP contribution in [-0.2, 0) is 14.8 Å². The summed E-state index contributed by atoms with van der Waals surface area (Å²) >= 11 is 0. The SMILES string of the molecule is O=C(CNS(=O)(=O)c1ccc2ccccc2c1)Nc1ccc2c(c1)OC1(CCCC1)O2. The van der Waals surface area contributed by atoms with Gasteiger partial charge in [0.15, 0.2) is 11.5 Å². The average molecular weight is 439 g/mol. The van der Waals surface area contributed by atoms with E-state index in [4.69, 9.17) is 9.47 Å². The van der Waals surface area contributed by atoms with E-state index in [1.807, 2.05) is 24.3 Å². The molecule has 0 bridgehead atoms. The second-order valence-electron chi connectivity index (χ2n) is 7.87. The Morgan fingerprint density at radius 2 is 1.65 bits per heavy atom. The molecule has 0 saturated heterocycles. The highest BCUT2D eigenvalue weighted by Crippen LogP contribution is 2.47. The van der Waals surface area contributed by atoms with Gasteiger partial charge < -0.3 is 14.8 Å². The third-order valence-corrected chi connectivity index (χ3v) is 7.04. The Morgan fingerprint density at radius 3 is 2.45 bits per heavy atom. The van der Waals surface area contributed by atoms with E-state index in [1.54, 1.807) is 30.3 Å². The monoisotopic (exact) mass is 438 g/mol. The third kappa shape index (κ3) is 3.96. The smallest absolute Gasteiger partial charge is 0.251 e. The maximum absolute atomic E-state index is 12.6. The summed E-state index contributed by atoms with van der Waals surface area (Å²) in [6.07, 6.45) is 3.82. The molecular weight excluding hydrogens is 416 g/mol. The first-order valence-corrected chi connectivity index (χ1v) is 11.7. The van der Waals surface area contributed by atoms with E-state index in [1.165, 1.54) is 6.07 Å². The topological polar surface area (TPSA) is 93.7 Å². The number of hydrogen-bond donors (Lipinski definition) is 2. The van der Waals surface area contributed by atoms with E-state index in [9.17, 15) is 13.2 Å². The van der Waals surface area contributed by atoms with Gasteiger partial charge in [-0.1, -0.05) is 30.3 Å². The van der Waals surface area contributed by atoms with Crippen LogP contribution in [0.3, 0.4) is 0 Å². The minimum atomic E-state index is -3.82. The Kier molecular flexibility index (Phi) is 4.83. The van der Waals surface area contributed by atoms with Crippen molar-refractivity contribution in [2.24, 2.45) is 0 Å². The molecule has 2 aliphatic rings. The lowest BCUT2D eigenvalue weighted by Crippen LogP contribution is -2.34. The van der Waals surface area contributed by atoms with Crippen LogP contribution < -0.4 is 19.5 Å². The van der Waals surface area contributed by atoms with Gasteiger partial charge in [0, 0.05) is 24.6 Å². The number of carbonyl (C=O) groups excluding carboxylic acids is 1. The quantitative estimate of drug-likeness (QED) is 0.632. The summed E-state index contributed by atoms with van der Waals surface area (Å²) in [5.41, 5.74) is 0.521. The van der Waals surface area contributed by atoms with Crippen molar-refractivity contribution in [1.82, 2.24) is 4.72 Å². The number of ether oxygens (including phenoxy) is 2. The Labute approximate surface area is 180 Å². The van der Waals surface area contributed by atoms with Crippen molar-refractivity contribution in [3.8, 4) is 11.5 Å². The van der Waals surface area contributed by atoms with Crippen molar-refractivity contribution in [2.75, 3.05) is 11.9 Å². The summed E-state index contributed by atoms with van der Waals surface area (Å²) in [6, 6.07) is 17.5. The standard InChI is InChI=1S/C23H22N2O5S/c26-22(15-24-31(27,28)19-9-7-16-5-1-2-6-17(16)13-19)25-18-8-10-20-21(14-18)30-23(29-20)11-3-4-12-23/h1-2,5-10,13-14,24H,3-4,11-12,15H2,(H,25,26). The van der Waals surface area contributed by atoms with Crippen LogP contribution in [0.4, 0.5) is 5.69 Å². The summed E-state index contributed by atoms with van der Waals surface area (Å²) in [5, 5.41) is 4.46. The van der Waals surface area contributed by atoms with E-state index >= 15 is 0 Å². The lowest BCUT2D eigenvalue weighted by molar-refractivity contribution is -0.115. The number of hydrogen-bond acceptors (Lipinski definition) is 5. The molecule has 1 spiro atoms. The number of nitrogens with one attached hydrogen (secondary N) is 2. The lowest BCUT2D eigenvalue weighted by atomic mass is 10.1. The first-order chi connectivity index (χ1) is 14.9. The number of amides is 1. The molecule has 8 heteroatoms. The largest absolute Gasteiger partial charge is 0.448 e. The van der Waals surface area contributed by atoms with Crippen LogP contribution in [-0.4, -0.2) is 26.7 Å². The molecule has 0 atom stereocenters. The van der Waals surface area contributed by atoms with Gasteiger partial charge in [-0.15, -0.1) is 0 Å². The van der Waals surface area contributed by atoms with Gasteiger partial charge >= 0.3 is 0 Å². The highest BCUT2D eigenvalue weighted by atomic mass is 32.2. The molecule has 1 aliphatic heterocycles. The van der Waals surface area contributed by atoms with Crippen LogP contribution in [0, 0.1) is 0 Å². The van der Waals surface area contributed by atoms with Crippen molar-refractivity contribution in [3.63, 3.8) is 0 Å². The molecule has 1 amide bonds. The molecule has 3 aromatic rings. The number of benzene rings is 3. The molecule has 1 fully saturated rings. The average Bonchev–Trinajstić information content (AvgIpc) is 3.37. The first-order valence-electron chi connectivity index (χ1n) is 10.2. The molecule has 31 heavy (non-hydrogen) atoms. The number of anilines is 1. The highest BCUT2D eigenvalue weighted by Gasteiger charge is 2.44.